The van der Waals surface area contributed by atoms with Crippen molar-refractivity contribution in [2.75, 3.05) is 0 Å². The van der Waals surface area contributed by atoms with E-state index in [-0.39, 0.29) is 0 Å². The summed E-state index contributed by atoms with van der Waals surface area (Å²) in [5.41, 5.74) is 7.05. The van der Waals surface area contributed by atoms with Crippen molar-refractivity contribution in [3.8, 4) is 34.1 Å². The minimum atomic E-state index is 1.05. The van der Waals surface area contributed by atoms with Gasteiger partial charge >= 0.3 is 0 Å². The van der Waals surface area contributed by atoms with E-state index in [0.717, 1.165) is 11.1 Å². The molecule has 0 heteroatoms. The van der Waals surface area contributed by atoms with E-state index in [4.69, 9.17) is 0 Å². The summed E-state index contributed by atoms with van der Waals surface area (Å²) in [6, 6.07) is 51.6. The van der Waals surface area contributed by atoms with Crippen molar-refractivity contribution in [3.05, 3.63) is 157 Å². The van der Waals surface area contributed by atoms with Crippen molar-refractivity contribution in [1.82, 2.24) is 0 Å². The maximum atomic E-state index is 3.60. The third-order valence-corrected chi connectivity index (χ3v) is 7.32. The van der Waals surface area contributed by atoms with Crippen molar-refractivity contribution in [3.63, 3.8) is 0 Å². The lowest BCUT2D eigenvalue weighted by molar-refractivity contribution is 1.61. The van der Waals surface area contributed by atoms with Gasteiger partial charge in [0.2, 0.25) is 0 Å². The van der Waals surface area contributed by atoms with E-state index in [0.29, 0.717) is 0 Å². The van der Waals surface area contributed by atoms with Crippen molar-refractivity contribution in [2.45, 2.75) is 0 Å². The molecule has 0 fully saturated rings. The second-order valence-corrected chi connectivity index (χ2v) is 9.56. The van der Waals surface area contributed by atoms with E-state index in [9.17, 15) is 0 Å². The predicted octanol–water partition coefficient (Wildman–Crippen LogP) is 9.88. The molecule has 7 aromatic rings. The third kappa shape index (κ3) is 3.83. The molecule has 0 bridgehead atoms. The van der Waals surface area contributed by atoms with Crippen LogP contribution in [0.2, 0.25) is 0 Å². The van der Waals surface area contributed by atoms with Crippen LogP contribution in [0.15, 0.2) is 146 Å². The molecular weight excluding hydrogens is 456 g/mol. The highest BCUT2D eigenvalue weighted by Gasteiger charge is 2.14. The molecule has 0 saturated heterocycles. The topological polar surface area (TPSA) is 0 Å². The first-order chi connectivity index (χ1) is 18.9. The Hall–Kier alpha value is -5.12. The maximum absolute atomic E-state index is 3.60. The minimum absolute atomic E-state index is 1.05. The lowest BCUT2D eigenvalue weighted by Gasteiger charge is -2.15. The van der Waals surface area contributed by atoms with Gasteiger partial charge in [0, 0.05) is 11.1 Å². The molecule has 0 radical (unpaired) electrons. The van der Waals surface area contributed by atoms with Gasteiger partial charge in [-0.05, 0) is 60.6 Å². The average Bonchev–Trinajstić information content (AvgIpc) is 3.00. The molecule has 7 aromatic carbocycles. The highest BCUT2D eigenvalue weighted by Crippen LogP contribution is 2.39. The Labute approximate surface area is 222 Å². The summed E-state index contributed by atoms with van der Waals surface area (Å²) in [7, 11) is 0. The molecule has 0 atom stereocenters. The lowest BCUT2D eigenvalue weighted by Crippen LogP contribution is -1.91. The standard InChI is InChI=1S/C38H24/c1-2-11-27(12-3-1)28-21-23-31(24-22-28)38-36-19-8-6-17-33(36)35(34-18-7-9-20-37(34)38)26-25-30-15-10-14-29-13-4-5-16-32(29)30/h1-24H. The second kappa shape index (κ2) is 9.40. The van der Waals surface area contributed by atoms with Crippen LogP contribution in [0.1, 0.15) is 11.1 Å². The van der Waals surface area contributed by atoms with Gasteiger partial charge in [-0.3, -0.25) is 0 Å². The summed E-state index contributed by atoms with van der Waals surface area (Å²) in [6.45, 7) is 0. The van der Waals surface area contributed by atoms with Gasteiger partial charge in [-0.1, -0.05) is 151 Å². The maximum Gasteiger partial charge on any atom is 0.0406 e. The minimum Gasteiger partial charge on any atom is -0.0622 e. The fourth-order valence-corrected chi connectivity index (χ4v) is 5.50. The van der Waals surface area contributed by atoms with Gasteiger partial charge in [0.05, 0.1) is 0 Å². The van der Waals surface area contributed by atoms with Crippen LogP contribution in [-0.4, -0.2) is 0 Å². The summed E-state index contributed by atoms with van der Waals surface area (Å²) in [4.78, 5) is 0. The summed E-state index contributed by atoms with van der Waals surface area (Å²) in [6.07, 6.45) is 0. The highest BCUT2D eigenvalue weighted by molar-refractivity contribution is 6.16. The molecule has 0 aliphatic rings. The normalized spacial score (nSPS) is 10.9. The summed E-state index contributed by atoms with van der Waals surface area (Å²) in [5.74, 6) is 7.12. The second-order valence-electron chi connectivity index (χ2n) is 9.56. The van der Waals surface area contributed by atoms with Gasteiger partial charge in [0.1, 0.15) is 0 Å². The molecule has 0 spiro atoms. The predicted molar refractivity (Wildman–Crippen MR) is 162 cm³/mol. The molecule has 176 valence electrons. The molecule has 0 aromatic heterocycles. The fraction of sp³-hybridized carbons (Fsp3) is 0. The Bertz CT molecular complexity index is 1940. The number of hydrogen-bond donors (Lipinski definition) is 0. The number of rotatable bonds is 2. The Morgan fingerprint density at radius 3 is 1.50 bits per heavy atom. The van der Waals surface area contributed by atoms with E-state index < -0.39 is 0 Å². The molecule has 0 amide bonds. The third-order valence-electron chi connectivity index (χ3n) is 7.32. The van der Waals surface area contributed by atoms with Crippen LogP contribution in [0, 0.1) is 11.8 Å². The molecular formula is C38H24. The van der Waals surface area contributed by atoms with Crippen LogP contribution in [-0.2, 0) is 0 Å². The lowest BCUT2D eigenvalue weighted by atomic mass is 9.88. The average molecular weight is 481 g/mol. The van der Waals surface area contributed by atoms with Crippen molar-refractivity contribution in [1.29, 1.82) is 0 Å². The molecule has 0 heterocycles. The van der Waals surface area contributed by atoms with E-state index in [1.165, 1.54) is 54.6 Å². The molecule has 38 heavy (non-hydrogen) atoms. The Morgan fingerprint density at radius 1 is 0.316 bits per heavy atom. The molecule has 0 N–H and O–H groups in total. The first kappa shape index (κ1) is 22.1. The van der Waals surface area contributed by atoms with Gasteiger partial charge in [-0.25, -0.2) is 0 Å². The largest absolute Gasteiger partial charge is 0.0622 e. The molecule has 0 unspecified atom stereocenters. The summed E-state index contributed by atoms with van der Waals surface area (Å²) >= 11 is 0. The first-order valence-corrected chi connectivity index (χ1v) is 13.0. The van der Waals surface area contributed by atoms with Gasteiger partial charge < -0.3 is 0 Å². The van der Waals surface area contributed by atoms with Crippen LogP contribution >= 0.6 is 0 Å². The summed E-state index contributed by atoms with van der Waals surface area (Å²) in [5, 5.41) is 7.21. The van der Waals surface area contributed by atoms with E-state index in [1.807, 2.05) is 0 Å². The van der Waals surface area contributed by atoms with Crippen LogP contribution in [0.3, 0.4) is 0 Å². The van der Waals surface area contributed by atoms with Gasteiger partial charge in [0.25, 0.3) is 0 Å². The molecule has 0 aliphatic heterocycles. The summed E-state index contributed by atoms with van der Waals surface area (Å²) < 4.78 is 0. The zero-order chi connectivity index (χ0) is 25.3. The number of hydrogen-bond acceptors (Lipinski definition) is 0. The molecule has 7 rings (SSSR count). The van der Waals surface area contributed by atoms with Gasteiger partial charge in [0.15, 0.2) is 0 Å². The fourth-order valence-electron chi connectivity index (χ4n) is 5.50. The zero-order valence-electron chi connectivity index (χ0n) is 20.9. The first-order valence-electron chi connectivity index (χ1n) is 13.0. The molecule has 0 saturated carbocycles. The SMILES string of the molecule is C(#Cc1c2ccccc2c(-c2ccc(-c3ccccc3)cc2)c2ccccc12)c1cccc2ccccc12. The van der Waals surface area contributed by atoms with Crippen LogP contribution in [0.5, 0.6) is 0 Å². The van der Waals surface area contributed by atoms with Crippen LogP contribution in [0.25, 0.3) is 54.6 Å². The Morgan fingerprint density at radius 2 is 0.816 bits per heavy atom. The molecule has 0 nitrogen and oxygen atoms in total. The van der Waals surface area contributed by atoms with Crippen LogP contribution < -0.4 is 0 Å². The monoisotopic (exact) mass is 480 g/mol. The van der Waals surface area contributed by atoms with Crippen molar-refractivity contribution in [2.24, 2.45) is 0 Å². The Balaban J connectivity index is 1.45. The number of fused-ring (bicyclic) bond motifs is 3. The smallest absolute Gasteiger partial charge is 0.0406 e. The van der Waals surface area contributed by atoms with E-state index >= 15 is 0 Å². The zero-order valence-corrected chi connectivity index (χ0v) is 20.9. The van der Waals surface area contributed by atoms with Gasteiger partial charge in [-0.2, -0.15) is 0 Å². The molecule has 0 aliphatic carbocycles. The van der Waals surface area contributed by atoms with E-state index in [2.05, 4.69) is 157 Å². The van der Waals surface area contributed by atoms with Gasteiger partial charge in [-0.15, -0.1) is 0 Å². The Kier molecular flexibility index (Phi) is 5.47. The quantitative estimate of drug-likeness (QED) is 0.171. The van der Waals surface area contributed by atoms with Crippen LogP contribution in [0.4, 0.5) is 0 Å². The highest BCUT2D eigenvalue weighted by atomic mass is 14.2. The van der Waals surface area contributed by atoms with E-state index in [1.54, 1.807) is 0 Å². The number of benzene rings is 7. The van der Waals surface area contributed by atoms with Crippen molar-refractivity contribution < 1.29 is 0 Å². The van der Waals surface area contributed by atoms with Crippen molar-refractivity contribution >= 4 is 32.3 Å².